The van der Waals surface area contributed by atoms with Gasteiger partial charge >= 0.3 is 0 Å². The highest BCUT2D eigenvalue weighted by Crippen LogP contribution is 2.21. The van der Waals surface area contributed by atoms with Gasteiger partial charge in [-0.2, -0.15) is 0 Å². The quantitative estimate of drug-likeness (QED) is 0.681. The number of rotatable bonds is 4. The summed E-state index contributed by atoms with van der Waals surface area (Å²) in [6.07, 6.45) is 0.615. The first-order chi connectivity index (χ1) is 7.81. The molecular weight excluding hydrogens is 270 g/mol. The summed E-state index contributed by atoms with van der Waals surface area (Å²) in [7, 11) is 0. The molecule has 1 fully saturated rings. The minimum atomic E-state index is 0.0803. The van der Waals surface area contributed by atoms with Crippen LogP contribution in [0.1, 0.15) is 28.4 Å². The van der Waals surface area contributed by atoms with Crippen molar-refractivity contribution < 1.29 is 9.53 Å². The summed E-state index contributed by atoms with van der Waals surface area (Å²) in [5.41, 5.74) is 1.85. The maximum absolute atomic E-state index is 11.7. The molecule has 0 radical (unpaired) electrons. The minimum absolute atomic E-state index is 0.0803. The number of hydrogen-bond acceptors (Lipinski definition) is 3. The molecule has 0 amide bonds. The zero-order chi connectivity index (χ0) is 11.4. The van der Waals surface area contributed by atoms with Crippen molar-refractivity contribution in [1.82, 2.24) is 5.32 Å². The van der Waals surface area contributed by atoms with Gasteiger partial charge in [0, 0.05) is 23.9 Å². The molecule has 1 saturated heterocycles. The van der Waals surface area contributed by atoms with E-state index in [-0.39, 0.29) is 11.9 Å². The molecule has 1 heterocycles. The van der Waals surface area contributed by atoms with Crippen LogP contribution >= 0.6 is 15.9 Å². The van der Waals surface area contributed by atoms with Gasteiger partial charge in [0.2, 0.25) is 0 Å². The second kappa shape index (κ2) is 5.57. The van der Waals surface area contributed by atoms with Gasteiger partial charge in [-0.05, 0) is 11.6 Å². The SMILES string of the molecule is O=C(CCBr)c1cccc(C2CNCO2)c1. The molecule has 0 spiro atoms. The number of hydrogen-bond donors (Lipinski definition) is 1. The highest BCUT2D eigenvalue weighted by atomic mass is 79.9. The van der Waals surface area contributed by atoms with Gasteiger partial charge in [-0.25, -0.2) is 0 Å². The number of Topliss-reactive ketones (excluding diaryl/α,β-unsaturated/α-hetero) is 1. The van der Waals surface area contributed by atoms with Gasteiger partial charge in [-0.15, -0.1) is 0 Å². The summed E-state index contributed by atoms with van der Waals surface area (Å²) in [4.78, 5) is 11.7. The zero-order valence-electron chi connectivity index (χ0n) is 8.91. The second-order valence-electron chi connectivity index (χ2n) is 3.74. The monoisotopic (exact) mass is 283 g/mol. The average Bonchev–Trinajstić information content (AvgIpc) is 2.83. The molecule has 1 N–H and O–H groups in total. The van der Waals surface area contributed by atoms with Crippen LogP contribution in [-0.4, -0.2) is 24.4 Å². The molecule has 86 valence electrons. The molecule has 0 saturated carbocycles. The van der Waals surface area contributed by atoms with Gasteiger partial charge in [-0.3, -0.25) is 10.1 Å². The number of halogens is 1. The Bertz CT molecular complexity index is 375. The van der Waals surface area contributed by atoms with E-state index >= 15 is 0 Å². The first-order valence-electron chi connectivity index (χ1n) is 5.32. The Morgan fingerprint density at radius 2 is 2.44 bits per heavy atom. The summed E-state index contributed by atoms with van der Waals surface area (Å²) in [6.45, 7) is 1.40. The Labute approximate surface area is 103 Å². The van der Waals surface area contributed by atoms with E-state index in [0.717, 1.165) is 17.7 Å². The van der Waals surface area contributed by atoms with Gasteiger partial charge in [0.25, 0.3) is 0 Å². The standard InChI is InChI=1S/C12H14BrNO2/c13-5-4-11(15)9-2-1-3-10(6-9)12-7-14-8-16-12/h1-3,6,12,14H,4-5,7-8H2. The highest BCUT2D eigenvalue weighted by Gasteiger charge is 2.17. The van der Waals surface area contributed by atoms with Crippen molar-refractivity contribution in [2.75, 3.05) is 18.6 Å². The Kier molecular flexibility index (Phi) is 4.09. The summed E-state index contributed by atoms with van der Waals surface area (Å²) in [5.74, 6) is 0.171. The first-order valence-corrected chi connectivity index (χ1v) is 6.45. The summed E-state index contributed by atoms with van der Waals surface area (Å²) >= 11 is 3.28. The summed E-state index contributed by atoms with van der Waals surface area (Å²) in [6, 6.07) is 7.71. The van der Waals surface area contributed by atoms with Gasteiger partial charge in [-0.1, -0.05) is 34.1 Å². The van der Waals surface area contributed by atoms with Crippen LogP contribution in [0.25, 0.3) is 0 Å². The normalized spacial score (nSPS) is 19.9. The Hall–Kier alpha value is -0.710. The third-order valence-electron chi connectivity index (χ3n) is 2.62. The lowest BCUT2D eigenvalue weighted by atomic mass is 10.0. The Morgan fingerprint density at radius 1 is 1.56 bits per heavy atom. The van der Waals surface area contributed by atoms with Crippen molar-refractivity contribution in [3.05, 3.63) is 35.4 Å². The smallest absolute Gasteiger partial charge is 0.163 e. The largest absolute Gasteiger partial charge is 0.357 e. The molecule has 1 aromatic rings. The molecule has 1 aliphatic heterocycles. The second-order valence-corrected chi connectivity index (χ2v) is 4.53. The number of carbonyl (C=O) groups excluding carboxylic acids is 1. The van der Waals surface area contributed by atoms with Crippen LogP contribution in [0.5, 0.6) is 0 Å². The lowest BCUT2D eigenvalue weighted by Gasteiger charge is -2.09. The maximum Gasteiger partial charge on any atom is 0.163 e. The van der Waals surface area contributed by atoms with Crippen molar-refractivity contribution in [3.8, 4) is 0 Å². The number of nitrogens with one attached hydrogen (secondary N) is 1. The molecule has 1 atom stereocenters. The van der Waals surface area contributed by atoms with E-state index in [4.69, 9.17) is 4.74 Å². The molecule has 1 aromatic carbocycles. The van der Waals surface area contributed by atoms with Gasteiger partial charge in [0.15, 0.2) is 5.78 Å². The molecule has 0 bridgehead atoms. The van der Waals surface area contributed by atoms with E-state index in [9.17, 15) is 4.79 Å². The minimum Gasteiger partial charge on any atom is -0.357 e. The number of carbonyl (C=O) groups is 1. The van der Waals surface area contributed by atoms with Crippen LogP contribution in [0.4, 0.5) is 0 Å². The van der Waals surface area contributed by atoms with E-state index in [0.29, 0.717) is 18.5 Å². The molecule has 0 aromatic heterocycles. The third-order valence-corrected chi connectivity index (χ3v) is 3.01. The molecule has 4 heteroatoms. The molecule has 3 nitrogen and oxygen atoms in total. The van der Waals surface area contributed by atoms with Crippen molar-refractivity contribution >= 4 is 21.7 Å². The lowest BCUT2D eigenvalue weighted by Crippen LogP contribution is -2.08. The van der Waals surface area contributed by atoms with Gasteiger partial charge in [0.05, 0.1) is 12.8 Å². The van der Waals surface area contributed by atoms with Crippen molar-refractivity contribution in [2.45, 2.75) is 12.5 Å². The van der Waals surface area contributed by atoms with E-state index in [2.05, 4.69) is 21.2 Å². The number of benzene rings is 1. The summed E-state index contributed by atoms with van der Waals surface area (Å²) < 4.78 is 5.50. The van der Waals surface area contributed by atoms with Crippen molar-refractivity contribution in [3.63, 3.8) is 0 Å². The van der Waals surface area contributed by atoms with Gasteiger partial charge in [0.1, 0.15) is 0 Å². The molecule has 1 unspecified atom stereocenters. The molecule has 16 heavy (non-hydrogen) atoms. The van der Waals surface area contributed by atoms with Crippen LogP contribution in [0.2, 0.25) is 0 Å². The van der Waals surface area contributed by atoms with E-state index < -0.39 is 0 Å². The van der Waals surface area contributed by atoms with Crippen LogP contribution in [-0.2, 0) is 4.74 Å². The van der Waals surface area contributed by atoms with Crippen molar-refractivity contribution in [2.24, 2.45) is 0 Å². The van der Waals surface area contributed by atoms with E-state index in [1.54, 1.807) is 0 Å². The predicted octanol–water partition coefficient (Wildman–Crippen LogP) is 2.27. The number of ketones is 1. The Morgan fingerprint density at radius 3 is 3.12 bits per heavy atom. The number of ether oxygens (including phenoxy) is 1. The van der Waals surface area contributed by atoms with Crippen LogP contribution in [0.3, 0.4) is 0 Å². The fourth-order valence-electron chi connectivity index (χ4n) is 1.77. The fraction of sp³-hybridized carbons (Fsp3) is 0.417. The average molecular weight is 284 g/mol. The maximum atomic E-state index is 11.7. The topological polar surface area (TPSA) is 38.3 Å². The van der Waals surface area contributed by atoms with Crippen LogP contribution in [0.15, 0.2) is 24.3 Å². The third kappa shape index (κ3) is 2.70. The lowest BCUT2D eigenvalue weighted by molar-refractivity contribution is 0.0988. The zero-order valence-corrected chi connectivity index (χ0v) is 10.5. The molecule has 0 aliphatic carbocycles. The van der Waals surface area contributed by atoms with Crippen molar-refractivity contribution in [1.29, 1.82) is 0 Å². The van der Waals surface area contributed by atoms with E-state index in [1.807, 2.05) is 24.3 Å². The van der Waals surface area contributed by atoms with E-state index in [1.165, 1.54) is 0 Å². The summed E-state index contributed by atoms with van der Waals surface area (Å²) in [5, 5.41) is 3.84. The van der Waals surface area contributed by atoms with Gasteiger partial charge < -0.3 is 4.74 Å². The highest BCUT2D eigenvalue weighted by molar-refractivity contribution is 9.09. The number of alkyl halides is 1. The first kappa shape index (κ1) is 11.8. The predicted molar refractivity (Wildman–Crippen MR) is 65.9 cm³/mol. The fourth-order valence-corrected chi connectivity index (χ4v) is 2.13. The molecule has 2 rings (SSSR count). The van der Waals surface area contributed by atoms with Crippen LogP contribution in [0, 0.1) is 0 Å². The Balaban J connectivity index is 2.15. The molecule has 1 aliphatic rings. The van der Waals surface area contributed by atoms with Crippen LogP contribution < -0.4 is 5.32 Å². The molecular formula is C12H14BrNO2.